The van der Waals surface area contributed by atoms with Crippen LogP contribution in [-0.4, -0.2) is 29.7 Å². The third kappa shape index (κ3) is 4.11. The van der Waals surface area contributed by atoms with Crippen LogP contribution in [0.3, 0.4) is 0 Å². The van der Waals surface area contributed by atoms with Gasteiger partial charge in [-0.3, -0.25) is 9.59 Å². The summed E-state index contributed by atoms with van der Waals surface area (Å²) in [4.78, 5) is 24.4. The zero-order chi connectivity index (χ0) is 22.7. The Bertz CT molecular complexity index is 1170. The number of carboxylic acid groups (broad SMARTS) is 1. The smallest absolute Gasteiger partial charge is 0.315 e. The van der Waals surface area contributed by atoms with Gasteiger partial charge in [0.05, 0.1) is 24.0 Å². The second-order valence-electron chi connectivity index (χ2n) is 7.83. The van der Waals surface area contributed by atoms with Crippen LogP contribution < -0.4 is 5.73 Å². The van der Waals surface area contributed by atoms with E-state index < -0.39 is 30.3 Å². The molecule has 0 aromatic heterocycles. The number of nitrogens with zero attached hydrogens (tertiary/aromatic N) is 1. The minimum absolute atomic E-state index is 0.112. The first-order valence-electron chi connectivity index (χ1n) is 10.3. The van der Waals surface area contributed by atoms with Crippen LogP contribution in [0.2, 0.25) is 0 Å². The summed E-state index contributed by atoms with van der Waals surface area (Å²) >= 11 is 0. The molecule has 3 aromatic carbocycles. The van der Waals surface area contributed by atoms with Gasteiger partial charge in [-0.1, -0.05) is 60.7 Å². The topological polar surface area (TPSA) is 113 Å². The summed E-state index contributed by atoms with van der Waals surface area (Å²) in [6, 6.07) is 23.5. The number of benzene rings is 3. The number of rotatable bonds is 7. The standard InChI is InChI=1S/C26H22N2O4/c27-14-16-6-5-7-17(12-16)25(23(28)13-24(29)30)26(31)32-15-22-20-10-3-1-8-18(20)19-9-2-4-11-21(19)22/h1-12,22-23,25H,13,15,28H2,(H,29,30)/t23-,25?/m0/s1. The third-order valence-electron chi connectivity index (χ3n) is 5.82. The minimum Gasteiger partial charge on any atom is -0.481 e. The lowest BCUT2D eigenvalue weighted by Crippen LogP contribution is -2.37. The van der Waals surface area contributed by atoms with E-state index in [1.54, 1.807) is 24.3 Å². The molecule has 160 valence electrons. The van der Waals surface area contributed by atoms with Crippen molar-refractivity contribution in [2.75, 3.05) is 6.61 Å². The Morgan fingerprint density at radius 2 is 1.62 bits per heavy atom. The summed E-state index contributed by atoms with van der Waals surface area (Å²) in [7, 11) is 0. The molecule has 6 heteroatoms. The fraction of sp³-hybridized carbons (Fsp3) is 0.192. The van der Waals surface area contributed by atoms with E-state index in [4.69, 9.17) is 10.5 Å². The van der Waals surface area contributed by atoms with Crippen molar-refractivity contribution in [2.45, 2.75) is 24.3 Å². The molecule has 0 radical (unpaired) electrons. The van der Waals surface area contributed by atoms with Gasteiger partial charge in [0.25, 0.3) is 0 Å². The molecule has 1 aliphatic rings. The maximum Gasteiger partial charge on any atom is 0.315 e. The van der Waals surface area contributed by atoms with Gasteiger partial charge in [-0.15, -0.1) is 0 Å². The van der Waals surface area contributed by atoms with Crippen molar-refractivity contribution >= 4 is 11.9 Å². The van der Waals surface area contributed by atoms with Gasteiger partial charge in [0.15, 0.2) is 0 Å². The molecule has 0 amide bonds. The monoisotopic (exact) mass is 426 g/mol. The zero-order valence-electron chi connectivity index (χ0n) is 17.3. The maximum atomic E-state index is 13.2. The summed E-state index contributed by atoms with van der Waals surface area (Å²) in [5, 5.41) is 18.4. The summed E-state index contributed by atoms with van der Waals surface area (Å²) in [5.41, 5.74) is 11.3. The van der Waals surface area contributed by atoms with E-state index in [1.807, 2.05) is 42.5 Å². The SMILES string of the molecule is N#Cc1cccc(C(C(=O)OCC2c3ccccc3-c3ccccc32)[C@@H](N)CC(=O)O)c1. The Kier molecular flexibility index (Phi) is 6.02. The highest BCUT2D eigenvalue weighted by Crippen LogP contribution is 2.44. The number of fused-ring (bicyclic) bond motifs is 3. The minimum atomic E-state index is -1.11. The predicted molar refractivity (Wildman–Crippen MR) is 119 cm³/mol. The molecular weight excluding hydrogens is 404 g/mol. The van der Waals surface area contributed by atoms with Gasteiger partial charge in [0.1, 0.15) is 6.61 Å². The molecule has 0 saturated heterocycles. The van der Waals surface area contributed by atoms with Crippen LogP contribution in [0, 0.1) is 11.3 Å². The Morgan fingerprint density at radius 3 is 2.22 bits per heavy atom. The van der Waals surface area contributed by atoms with Crippen LogP contribution in [0.4, 0.5) is 0 Å². The van der Waals surface area contributed by atoms with Crippen molar-refractivity contribution in [1.29, 1.82) is 5.26 Å². The van der Waals surface area contributed by atoms with Crippen LogP contribution in [0.5, 0.6) is 0 Å². The molecule has 3 N–H and O–H groups in total. The number of ether oxygens (including phenoxy) is 1. The Labute approximate surface area is 185 Å². The van der Waals surface area contributed by atoms with Gasteiger partial charge in [-0.2, -0.15) is 5.26 Å². The number of aliphatic carboxylic acids is 1. The number of carbonyl (C=O) groups excluding carboxylic acids is 1. The number of nitrogens with two attached hydrogens (primary N) is 1. The normalized spacial score (nSPS) is 14.0. The van der Waals surface area contributed by atoms with Crippen molar-refractivity contribution in [3.05, 3.63) is 95.1 Å². The predicted octanol–water partition coefficient (Wildman–Crippen LogP) is 3.80. The van der Waals surface area contributed by atoms with E-state index in [0.29, 0.717) is 11.1 Å². The first-order chi connectivity index (χ1) is 15.5. The fourth-order valence-electron chi connectivity index (χ4n) is 4.37. The van der Waals surface area contributed by atoms with E-state index in [0.717, 1.165) is 22.3 Å². The second-order valence-corrected chi connectivity index (χ2v) is 7.83. The molecular formula is C26H22N2O4. The first-order valence-corrected chi connectivity index (χ1v) is 10.3. The molecule has 0 spiro atoms. The summed E-state index contributed by atoms with van der Waals surface area (Å²) in [6.07, 6.45) is -0.397. The van der Waals surface area contributed by atoms with E-state index in [2.05, 4.69) is 12.1 Å². The number of carbonyl (C=O) groups is 2. The fourth-order valence-corrected chi connectivity index (χ4v) is 4.37. The molecule has 0 heterocycles. The largest absolute Gasteiger partial charge is 0.481 e. The highest BCUT2D eigenvalue weighted by molar-refractivity contribution is 5.82. The van der Waals surface area contributed by atoms with Gasteiger partial charge in [0, 0.05) is 12.0 Å². The lowest BCUT2D eigenvalue weighted by atomic mass is 9.89. The van der Waals surface area contributed by atoms with Gasteiger partial charge in [-0.05, 0) is 39.9 Å². The second kappa shape index (κ2) is 9.04. The number of nitriles is 1. The van der Waals surface area contributed by atoms with Crippen LogP contribution in [0.25, 0.3) is 11.1 Å². The van der Waals surface area contributed by atoms with Crippen molar-refractivity contribution in [2.24, 2.45) is 5.73 Å². The van der Waals surface area contributed by atoms with Crippen molar-refractivity contribution in [1.82, 2.24) is 0 Å². The number of esters is 1. The van der Waals surface area contributed by atoms with Gasteiger partial charge in [-0.25, -0.2) is 0 Å². The van der Waals surface area contributed by atoms with Crippen molar-refractivity contribution < 1.29 is 19.4 Å². The average molecular weight is 426 g/mol. The van der Waals surface area contributed by atoms with Gasteiger partial charge < -0.3 is 15.6 Å². The molecule has 0 saturated carbocycles. The van der Waals surface area contributed by atoms with Crippen LogP contribution in [0.15, 0.2) is 72.8 Å². The molecule has 32 heavy (non-hydrogen) atoms. The third-order valence-corrected chi connectivity index (χ3v) is 5.82. The van der Waals surface area contributed by atoms with E-state index >= 15 is 0 Å². The van der Waals surface area contributed by atoms with E-state index in [1.165, 1.54) is 0 Å². The van der Waals surface area contributed by atoms with Crippen LogP contribution >= 0.6 is 0 Å². The van der Waals surface area contributed by atoms with Gasteiger partial charge >= 0.3 is 11.9 Å². The first kappa shape index (κ1) is 21.3. The van der Waals surface area contributed by atoms with E-state index in [9.17, 15) is 20.0 Å². The molecule has 0 aliphatic heterocycles. The molecule has 0 bridgehead atoms. The quantitative estimate of drug-likeness (QED) is 0.556. The molecule has 6 nitrogen and oxygen atoms in total. The number of hydrogen-bond acceptors (Lipinski definition) is 5. The van der Waals surface area contributed by atoms with E-state index in [-0.39, 0.29) is 12.5 Å². The number of carboxylic acids is 1. The average Bonchev–Trinajstić information content (AvgIpc) is 3.11. The van der Waals surface area contributed by atoms with Crippen molar-refractivity contribution in [3.8, 4) is 17.2 Å². The lowest BCUT2D eigenvalue weighted by Gasteiger charge is -2.23. The molecule has 1 aliphatic carbocycles. The Hall–Kier alpha value is -3.95. The molecule has 4 rings (SSSR count). The maximum absolute atomic E-state index is 13.2. The Balaban J connectivity index is 1.60. The molecule has 1 unspecified atom stereocenters. The molecule has 0 fully saturated rings. The highest BCUT2D eigenvalue weighted by atomic mass is 16.5. The highest BCUT2D eigenvalue weighted by Gasteiger charge is 2.33. The summed E-state index contributed by atoms with van der Waals surface area (Å²) in [6.45, 7) is 0.112. The van der Waals surface area contributed by atoms with Crippen molar-refractivity contribution in [3.63, 3.8) is 0 Å². The summed E-state index contributed by atoms with van der Waals surface area (Å²) in [5.74, 6) is -2.82. The van der Waals surface area contributed by atoms with Gasteiger partial charge in [0.2, 0.25) is 0 Å². The zero-order valence-corrected chi connectivity index (χ0v) is 17.3. The molecule has 2 atom stereocenters. The molecule has 3 aromatic rings. The summed E-state index contributed by atoms with van der Waals surface area (Å²) < 4.78 is 5.74. The Morgan fingerprint density at radius 1 is 1.00 bits per heavy atom. The van der Waals surface area contributed by atoms with Crippen LogP contribution in [-0.2, 0) is 14.3 Å². The van der Waals surface area contributed by atoms with Crippen LogP contribution in [0.1, 0.15) is 40.5 Å². The lowest BCUT2D eigenvalue weighted by molar-refractivity contribution is -0.146. The number of hydrogen-bond donors (Lipinski definition) is 2.